The first-order valence-corrected chi connectivity index (χ1v) is 4.52. The van der Waals surface area contributed by atoms with Gasteiger partial charge in [0.15, 0.2) is 0 Å². The van der Waals surface area contributed by atoms with Crippen molar-refractivity contribution in [3.8, 4) is 0 Å². The molecule has 3 heteroatoms. The van der Waals surface area contributed by atoms with Gasteiger partial charge < -0.3 is 15.2 Å². The maximum Gasteiger partial charge on any atom is 0.0840 e. The summed E-state index contributed by atoms with van der Waals surface area (Å²) in [4.78, 5) is 0. The number of nitrogens with one attached hydrogen (secondary N) is 2. The number of rotatable bonds is 0. The molecule has 0 aliphatic carbocycles. The number of hydrogen-bond acceptors (Lipinski definition) is 2. The molecule has 2 aliphatic rings. The molecule has 3 heterocycles. The summed E-state index contributed by atoms with van der Waals surface area (Å²) < 4.78 is 2.36. The molecule has 1 saturated heterocycles. The molecule has 0 bridgehead atoms. The fourth-order valence-corrected chi connectivity index (χ4v) is 2.23. The van der Waals surface area contributed by atoms with Crippen LogP contribution in [0.3, 0.4) is 0 Å². The Labute approximate surface area is 71.8 Å². The van der Waals surface area contributed by atoms with Crippen LogP contribution in [-0.2, 0) is 12.1 Å². The van der Waals surface area contributed by atoms with Crippen LogP contribution in [-0.4, -0.2) is 24.2 Å². The molecule has 1 fully saturated rings. The zero-order chi connectivity index (χ0) is 8.02. The second-order valence-corrected chi connectivity index (χ2v) is 3.70. The van der Waals surface area contributed by atoms with Gasteiger partial charge in [0.2, 0.25) is 0 Å². The third-order valence-electron chi connectivity index (χ3n) is 2.99. The number of hydrogen-bond donors (Lipinski definition) is 2. The topological polar surface area (TPSA) is 29.0 Å². The van der Waals surface area contributed by atoms with Crippen molar-refractivity contribution < 1.29 is 0 Å². The van der Waals surface area contributed by atoms with Gasteiger partial charge in [0, 0.05) is 38.1 Å². The van der Waals surface area contributed by atoms with Crippen molar-refractivity contribution >= 4 is 0 Å². The van der Waals surface area contributed by atoms with Crippen molar-refractivity contribution in [3.05, 3.63) is 24.0 Å². The van der Waals surface area contributed by atoms with Crippen LogP contribution in [0.25, 0.3) is 0 Å². The van der Waals surface area contributed by atoms with Gasteiger partial charge in [-0.1, -0.05) is 0 Å². The molecular weight excluding hydrogens is 150 g/mol. The van der Waals surface area contributed by atoms with E-state index in [9.17, 15) is 0 Å². The zero-order valence-corrected chi connectivity index (χ0v) is 7.01. The maximum absolute atomic E-state index is 3.59. The fourth-order valence-electron chi connectivity index (χ4n) is 2.23. The highest BCUT2D eigenvalue weighted by molar-refractivity contribution is 5.25. The number of fused-ring (bicyclic) bond motifs is 2. The molecule has 3 nitrogen and oxygen atoms in total. The van der Waals surface area contributed by atoms with Crippen LogP contribution in [0.5, 0.6) is 0 Å². The van der Waals surface area contributed by atoms with Crippen LogP contribution in [0.15, 0.2) is 18.3 Å². The van der Waals surface area contributed by atoms with Gasteiger partial charge in [0.25, 0.3) is 0 Å². The highest BCUT2D eigenvalue weighted by atomic mass is 15.2. The highest BCUT2D eigenvalue weighted by Crippen LogP contribution is 2.28. The molecule has 0 aromatic carbocycles. The quantitative estimate of drug-likeness (QED) is 0.559. The molecule has 0 unspecified atom stereocenters. The Kier molecular flexibility index (Phi) is 1.18. The normalized spacial score (nSPS) is 25.0. The third-order valence-corrected chi connectivity index (χ3v) is 2.99. The minimum Gasteiger partial charge on any atom is -0.348 e. The van der Waals surface area contributed by atoms with E-state index in [2.05, 4.69) is 33.5 Å². The molecule has 12 heavy (non-hydrogen) atoms. The maximum atomic E-state index is 3.59. The Morgan fingerprint density at radius 3 is 3.08 bits per heavy atom. The third kappa shape index (κ3) is 0.678. The Morgan fingerprint density at radius 2 is 2.33 bits per heavy atom. The molecule has 3 rings (SSSR count). The molecule has 1 aromatic heterocycles. The van der Waals surface area contributed by atoms with Crippen molar-refractivity contribution in [2.45, 2.75) is 12.1 Å². The van der Waals surface area contributed by atoms with Crippen LogP contribution in [0.1, 0.15) is 5.69 Å². The molecule has 2 aliphatic heterocycles. The average Bonchev–Trinajstić information content (AvgIpc) is 2.47. The van der Waals surface area contributed by atoms with Crippen LogP contribution >= 0.6 is 0 Å². The molecule has 2 N–H and O–H groups in total. The van der Waals surface area contributed by atoms with E-state index >= 15 is 0 Å². The van der Waals surface area contributed by atoms with Gasteiger partial charge in [-0.2, -0.15) is 0 Å². The number of aromatic nitrogens is 1. The van der Waals surface area contributed by atoms with Gasteiger partial charge in [0.1, 0.15) is 0 Å². The first-order valence-electron chi connectivity index (χ1n) is 4.52. The molecule has 0 radical (unpaired) electrons. The predicted molar refractivity (Wildman–Crippen MR) is 47.0 cm³/mol. The van der Waals surface area contributed by atoms with E-state index in [0.29, 0.717) is 0 Å². The summed E-state index contributed by atoms with van der Waals surface area (Å²) in [5.41, 5.74) is 1.72. The molecule has 0 saturated carbocycles. The lowest BCUT2D eigenvalue weighted by atomic mass is 9.87. The minimum atomic E-state index is 0.266. The van der Waals surface area contributed by atoms with Gasteiger partial charge >= 0.3 is 0 Å². The van der Waals surface area contributed by atoms with Crippen molar-refractivity contribution in [2.24, 2.45) is 0 Å². The molecule has 1 aromatic rings. The van der Waals surface area contributed by atoms with Gasteiger partial charge in [-0.3, -0.25) is 0 Å². The van der Waals surface area contributed by atoms with Gasteiger partial charge in [-0.25, -0.2) is 0 Å². The van der Waals surface area contributed by atoms with Crippen molar-refractivity contribution in [1.82, 2.24) is 15.2 Å². The summed E-state index contributed by atoms with van der Waals surface area (Å²) in [6.45, 7) is 4.38. The van der Waals surface area contributed by atoms with Crippen LogP contribution in [0, 0.1) is 0 Å². The Hall–Kier alpha value is -0.800. The van der Waals surface area contributed by atoms with E-state index in [0.717, 1.165) is 26.2 Å². The summed E-state index contributed by atoms with van der Waals surface area (Å²) in [7, 11) is 0. The summed E-state index contributed by atoms with van der Waals surface area (Å²) in [5.74, 6) is 0. The highest BCUT2D eigenvalue weighted by Gasteiger charge is 2.41. The summed E-state index contributed by atoms with van der Waals surface area (Å²) in [5, 5.41) is 6.92. The van der Waals surface area contributed by atoms with Gasteiger partial charge in [-0.15, -0.1) is 0 Å². The SMILES string of the molecule is c1cc2n(c1)CCNC21CNC1. The predicted octanol–water partition coefficient (Wildman–Crippen LogP) is -0.110. The van der Waals surface area contributed by atoms with E-state index in [-0.39, 0.29) is 5.54 Å². The molecule has 0 atom stereocenters. The smallest absolute Gasteiger partial charge is 0.0840 e. The van der Waals surface area contributed by atoms with Crippen molar-refractivity contribution in [2.75, 3.05) is 19.6 Å². The first kappa shape index (κ1) is 6.69. The van der Waals surface area contributed by atoms with Crippen LogP contribution in [0.2, 0.25) is 0 Å². The summed E-state index contributed by atoms with van der Waals surface area (Å²) in [6.07, 6.45) is 2.18. The fraction of sp³-hybridized carbons (Fsp3) is 0.556. The molecule has 64 valence electrons. The Balaban J connectivity index is 2.09. The van der Waals surface area contributed by atoms with E-state index < -0.39 is 0 Å². The van der Waals surface area contributed by atoms with Crippen molar-refractivity contribution in [3.63, 3.8) is 0 Å². The van der Waals surface area contributed by atoms with Crippen LogP contribution in [0.4, 0.5) is 0 Å². The average molecular weight is 163 g/mol. The Bertz CT molecular complexity index is 298. The monoisotopic (exact) mass is 163 g/mol. The van der Waals surface area contributed by atoms with E-state index in [1.165, 1.54) is 5.69 Å². The van der Waals surface area contributed by atoms with E-state index in [1.54, 1.807) is 0 Å². The van der Waals surface area contributed by atoms with Gasteiger partial charge in [0.05, 0.1) is 5.54 Å². The first-order chi connectivity index (χ1) is 5.91. The summed E-state index contributed by atoms with van der Waals surface area (Å²) in [6, 6.07) is 4.37. The van der Waals surface area contributed by atoms with Gasteiger partial charge in [-0.05, 0) is 12.1 Å². The molecule has 0 amide bonds. The lowest BCUT2D eigenvalue weighted by Gasteiger charge is -2.46. The van der Waals surface area contributed by atoms with E-state index in [1.807, 2.05) is 0 Å². The lowest BCUT2D eigenvalue weighted by Crippen LogP contribution is -2.67. The van der Waals surface area contributed by atoms with Crippen molar-refractivity contribution in [1.29, 1.82) is 0 Å². The lowest BCUT2D eigenvalue weighted by molar-refractivity contribution is 0.181. The number of nitrogens with zero attached hydrogens (tertiary/aromatic N) is 1. The summed E-state index contributed by atoms with van der Waals surface area (Å²) >= 11 is 0. The molecule has 1 spiro atoms. The minimum absolute atomic E-state index is 0.266. The Morgan fingerprint density at radius 1 is 1.42 bits per heavy atom. The standard InChI is InChI=1S/C9H13N3/c1-2-8-9(6-10-7-9)11-3-5-12(8)4-1/h1-2,4,10-11H,3,5-7H2. The van der Waals surface area contributed by atoms with Crippen LogP contribution < -0.4 is 10.6 Å². The largest absolute Gasteiger partial charge is 0.348 e. The second kappa shape index (κ2) is 2.12. The zero-order valence-electron chi connectivity index (χ0n) is 7.01. The second-order valence-electron chi connectivity index (χ2n) is 3.70. The van der Waals surface area contributed by atoms with E-state index in [4.69, 9.17) is 0 Å². The molecular formula is C9H13N3.